The number of hydrogen-bond donors (Lipinski definition) is 0. The van der Waals surface area contributed by atoms with E-state index in [4.69, 9.17) is 75.8 Å². The first-order chi connectivity index (χ1) is 31.7. The van der Waals surface area contributed by atoms with Crippen molar-refractivity contribution in [2.45, 2.75) is 6.42 Å². The van der Waals surface area contributed by atoms with Gasteiger partial charge in [0.1, 0.15) is 52.9 Å². The maximum absolute atomic E-state index is 6.88. The van der Waals surface area contributed by atoms with Gasteiger partial charge in [0.05, 0.1) is 104 Å². The van der Waals surface area contributed by atoms with E-state index in [0.29, 0.717) is 158 Å². The Labute approximate surface area is 396 Å². The summed E-state index contributed by atoms with van der Waals surface area (Å²) >= 11 is 6.27. The van der Waals surface area contributed by atoms with Gasteiger partial charge in [0.2, 0.25) is 0 Å². The molecule has 0 saturated carbocycles. The summed E-state index contributed by atoms with van der Waals surface area (Å²) in [6, 6.07) is 0. The van der Waals surface area contributed by atoms with Gasteiger partial charge in [-0.3, -0.25) is 0 Å². The van der Waals surface area contributed by atoms with Gasteiger partial charge in [-0.2, -0.15) is 0 Å². The monoisotopic (exact) mass is 984 g/mol. The maximum atomic E-state index is 6.88. The normalized spacial score (nSPS) is 19.0. The number of hydrogen-bond acceptors (Lipinski definition) is 20. The van der Waals surface area contributed by atoms with Crippen LogP contribution in [0.1, 0.15) is 9.75 Å². The Morgan fingerprint density at radius 1 is 0.354 bits per heavy atom. The number of ether oxygens (including phenoxy) is 16. The number of rotatable bonds is 20. The molecule has 8 heterocycles. The molecule has 20 heteroatoms. The molecule has 0 aromatic carbocycles. The number of thiophene rings is 4. The van der Waals surface area contributed by atoms with Crippen LogP contribution in [0.2, 0.25) is 0 Å². The smallest absolute Gasteiger partial charge is 0.181 e. The zero-order valence-electron chi connectivity index (χ0n) is 38.3. The molecule has 4 aliphatic heterocycles. The maximum Gasteiger partial charge on any atom is 0.181 e. The van der Waals surface area contributed by atoms with Crippen LogP contribution in [-0.4, -0.2) is 163 Å². The van der Waals surface area contributed by atoms with Crippen molar-refractivity contribution in [3.8, 4) is 65.5 Å². The molecule has 0 amide bonds. The van der Waals surface area contributed by atoms with E-state index < -0.39 is 21.7 Å². The molecule has 4 aromatic heterocycles. The van der Waals surface area contributed by atoms with E-state index in [1.165, 1.54) is 22.7 Å². The highest BCUT2D eigenvalue weighted by molar-refractivity contribution is 7.23. The van der Waals surface area contributed by atoms with Crippen LogP contribution in [0.3, 0.4) is 0 Å². The Hall–Kier alpha value is -3.12. The summed E-state index contributed by atoms with van der Waals surface area (Å²) in [4.78, 5) is 5.34. The Morgan fingerprint density at radius 2 is 0.615 bits per heavy atom. The number of methoxy groups -OCH3 is 8. The second-order valence-corrected chi connectivity index (χ2v) is 21.5. The van der Waals surface area contributed by atoms with Gasteiger partial charge in [0, 0.05) is 74.1 Å². The highest BCUT2D eigenvalue weighted by Crippen LogP contribution is 2.60. The van der Waals surface area contributed by atoms with Gasteiger partial charge < -0.3 is 75.8 Å². The van der Waals surface area contributed by atoms with Crippen LogP contribution in [0.5, 0.6) is 46.0 Å². The largest absolute Gasteiger partial charge is 0.488 e. The van der Waals surface area contributed by atoms with E-state index in [1.807, 2.05) is 10.8 Å². The first-order valence-corrected chi connectivity index (χ1v) is 24.5. The van der Waals surface area contributed by atoms with Gasteiger partial charge in [-0.05, 0) is 0 Å². The van der Waals surface area contributed by atoms with E-state index in [1.54, 1.807) is 79.6 Å². The molecule has 360 valence electrons. The molecule has 0 spiro atoms. The molecule has 0 atom stereocenters. The van der Waals surface area contributed by atoms with Crippen LogP contribution in [0.4, 0.5) is 0 Å². The minimum absolute atomic E-state index is 0.304. The first kappa shape index (κ1) is 48.3. The predicted octanol–water partition coefficient (Wildman–Crippen LogP) is 7.06. The fourth-order valence-electron chi connectivity index (χ4n) is 8.83. The molecular formula is C45H60O16S4. The van der Waals surface area contributed by atoms with Gasteiger partial charge in [-0.1, -0.05) is 0 Å². The van der Waals surface area contributed by atoms with Crippen molar-refractivity contribution in [2.24, 2.45) is 21.7 Å². The number of fused-ring (bicyclic) bond motifs is 4. The molecule has 0 aliphatic carbocycles. The summed E-state index contributed by atoms with van der Waals surface area (Å²) in [6.07, 6.45) is 0.432. The van der Waals surface area contributed by atoms with Crippen LogP contribution in [-0.2, 0) is 44.3 Å². The van der Waals surface area contributed by atoms with Crippen molar-refractivity contribution in [1.29, 1.82) is 0 Å². The minimum atomic E-state index is -0.570. The highest BCUT2D eigenvalue weighted by atomic mass is 32.1. The zero-order chi connectivity index (χ0) is 45.7. The quantitative estimate of drug-likeness (QED) is 0.0890. The lowest BCUT2D eigenvalue weighted by Gasteiger charge is -2.29. The average molecular weight is 985 g/mol. The molecule has 4 aromatic rings. The standard InChI is InChI=1S/C45H60O16S4/c1-46-12-42(13-47-2)20-54-28-10-62-38(32(28)56-22-42)40-36-34(58-24-44(16-50-5,17-51-6)26-60-36)30(64-40)9-31-35-37(61-27-45(18-52-7,19-53-8)25-59-35)41(65-31)39-33-29(11-63-39)55-21-43(14-48-3,15-49-4)23-57-33/h10-11H,9,12-27H2,1-8H3. The Kier molecular flexibility index (Phi) is 15.6. The molecule has 4 aliphatic rings. The third kappa shape index (κ3) is 9.78. The summed E-state index contributed by atoms with van der Waals surface area (Å²) in [7, 11) is 13.4. The van der Waals surface area contributed by atoms with E-state index in [0.717, 1.165) is 29.3 Å². The van der Waals surface area contributed by atoms with E-state index in [-0.39, 0.29) is 0 Å². The van der Waals surface area contributed by atoms with E-state index in [9.17, 15) is 0 Å². The summed E-state index contributed by atoms with van der Waals surface area (Å²) < 4.78 is 99.0. The average Bonchev–Trinajstić information content (AvgIpc) is 3.93. The van der Waals surface area contributed by atoms with Gasteiger partial charge in [0.25, 0.3) is 0 Å². The lowest BCUT2D eigenvalue weighted by molar-refractivity contribution is -0.0363. The Bertz CT molecular complexity index is 2020. The fourth-order valence-corrected chi connectivity index (χ4v) is 13.5. The lowest BCUT2D eigenvalue weighted by Crippen LogP contribution is -2.42. The van der Waals surface area contributed by atoms with E-state index in [2.05, 4.69) is 0 Å². The second-order valence-electron chi connectivity index (χ2n) is 17.5. The van der Waals surface area contributed by atoms with Gasteiger partial charge in [-0.15, -0.1) is 45.3 Å². The van der Waals surface area contributed by atoms with Crippen molar-refractivity contribution in [2.75, 3.05) is 163 Å². The summed E-state index contributed by atoms with van der Waals surface area (Å²) in [5, 5.41) is 3.97. The summed E-state index contributed by atoms with van der Waals surface area (Å²) in [5.41, 5.74) is -2.13. The van der Waals surface area contributed by atoms with Crippen LogP contribution < -0.4 is 37.9 Å². The van der Waals surface area contributed by atoms with Crippen LogP contribution in [0, 0.1) is 21.7 Å². The SMILES string of the molecule is COCC1(COC)COc2csc(-c3sc(Cc4sc(-c5scc6c5OCC(COC)(COC)CO6)c5c4OCC(COC)(COC)CO5)c4c3OCC(COC)(COC)CO4)c2OC1. The highest BCUT2D eigenvalue weighted by Gasteiger charge is 2.44. The molecule has 0 radical (unpaired) electrons. The molecule has 0 N–H and O–H groups in total. The molecule has 65 heavy (non-hydrogen) atoms. The van der Waals surface area contributed by atoms with Crippen molar-refractivity contribution < 1.29 is 75.8 Å². The van der Waals surface area contributed by atoms with E-state index >= 15 is 0 Å². The minimum Gasteiger partial charge on any atom is -0.488 e. The van der Waals surface area contributed by atoms with Crippen molar-refractivity contribution >= 4 is 45.3 Å². The lowest BCUT2D eigenvalue weighted by atomic mass is 9.92. The predicted molar refractivity (Wildman–Crippen MR) is 247 cm³/mol. The molecule has 0 bridgehead atoms. The summed E-state index contributed by atoms with van der Waals surface area (Å²) in [5.74, 6) is 5.13. The van der Waals surface area contributed by atoms with Crippen molar-refractivity contribution in [1.82, 2.24) is 0 Å². The molecule has 0 saturated heterocycles. The van der Waals surface area contributed by atoms with Crippen molar-refractivity contribution in [3.63, 3.8) is 0 Å². The second kappa shape index (κ2) is 21.0. The van der Waals surface area contributed by atoms with Crippen LogP contribution >= 0.6 is 45.3 Å². The molecular weight excluding hydrogens is 925 g/mol. The van der Waals surface area contributed by atoms with Crippen molar-refractivity contribution in [3.05, 3.63) is 20.5 Å². The Morgan fingerprint density at radius 3 is 0.908 bits per heavy atom. The summed E-state index contributed by atoms with van der Waals surface area (Å²) in [6.45, 7) is 5.77. The van der Waals surface area contributed by atoms with Crippen LogP contribution in [0.15, 0.2) is 10.8 Å². The molecule has 16 nitrogen and oxygen atoms in total. The molecule has 8 rings (SSSR count). The zero-order valence-corrected chi connectivity index (χ0v) is 41.6. The molecule has 0 unspecified atom stereocenters. The third-order valence-electron chi connectivity index (χ3n) is 11.8. The van der Waals surface area contributed by atoms with Gasteiger partial charge >= 0.3 is 0 Å². The third-order valence-corrected chi connectivity index (χ3v) is 16.3. The first-order valence-electron chi connectivity index (χ1n) is 21.2. The topological polar surface area (TPSA) is 148 Å². The fraction of sp³-hybridized carbons (Fsp3) is 0.644. The van der Waals surface area contributed by atoms with Crippen LogP contribution in [0.25, 0.3) is 19.5 Å². The van der Waals surface area contributed by atoms with Gasteiger partial charge in [-0.25, -0.2) is 0 Å². The Balaban J connectivity index is 1.22. The van der Waals surface area contributed by atoms with Gasteiger partial charge in [0.15, 0.2) is 46.0 Å². The molecule has 0 fully saturated rings.